The average Bonchev–Trinajstić information content (AvgIpc) is 3.33. The summed E-state index contributed by atoms with van der Waals surface area (Å²) >= 11 is 0. The Kier molecular flexibility index (Phi) is 6.14. The third kappa shape index (κ3) is 4.79. The molecule has 0 unspecified atom stereocenters. The van der Waals surface area contributed by atoms with Crippen molar-refractivity contribution in [3.05, 3.63) is 54.0 Å². The summed E-state index contributed by atoms with van der Waals surface area (Å²) in [6, 6.07) is 11.9. The minimum Gasteiger partial charge on any atom is -0.459 e. The standard InChI is InChI=1S/C22H27N3O4/c26-21(24-9-11-25(12-10-24)22(27)20-2-1-15-29-20)8-5-18-3-6-19(7-4-18)23-13-16-28-17-14-23/h1-4,6-7,15H,5,8-14,16-17H2. The summed E-state index contributed by atoms with van der Waals surface area (Å²) in [7, 11) is 0. The smallest absolute Gasteiger partial charge is 0.289 e. The molecule has 0 radical (unpaired) electrons. The fraction of sp³-hybridized carbons (Fsp3) is 0.455. The Labute approximate surface area is 170 Å². The highest BCUT2D eigenvalue weighted by Gasteiger charge is 2.25. The second-order valence-electron chi connectivity index (χ2n) is 7.42. The molecule has 0 bridgehead atoms. The largest absolute Gasteiger partial charge is 0.459 e. The molecule has 0 spiro atoms. The lowest BCUT2D eigenvalue weighted by atomic mass is 10.1. The number of rotatable bonds is 5. The van der Waals surface area contributed by atoms with Gasteiger partial charge in [-0.3, -0.25) is 9.59 Å². The zero-order chi connectivity index (χ0) is 20.1. The van der Waals surface area contributed by atoms with Crippen molar-refractivity contribution >= 4 is 17.5 Å². The van der Waals surface area contributed by atoms with Crippen molar-refractivity contribution in [2.75, 3.05) is 57.4 Å². The first kappa shape index (κ1) is 19.5. The Bertz CT molecular complexity index is 805. The molecule has 0 aliphatic carbocycles. The van der Waals surface area contributed by atoms with E-state index < -0.39 is 0 Å². The number of hydrogen-bond acceptors (Lipinski definition) is 5. The number of benzene rings is 1. The van der Waals surface area contributed by atoms with E-state index in [1.54, 1.807) is 17.0 Å². The van der Waals surface area contributed by atoms with Crippen LogP contribution in [-0.4, -0.2) is 74.1 Å². The summed E-state index contributed by atoms with van der Waals surface area (Å²) in [6.07, 6.45) is 2.72. The number of furan rings is 1. The van der Waals surface area contributed by atoms with E-state index in [-0.39, 0.29) is 11.8 Å². The summed E-state index contributed by atoms with van der Waals surface area (Å²) in [6.45, 7) is 5.62. The van der Waals surface area contributed by atoms with Crippen molar-refractivity contribution in [2.45, 2.75) is 12.8 Å². The number of carbonyl (C=O) groups is 2. The molecule has 2 saturated heterocycles. The predicted octanol–water partition coefficient (Wildman–Crippen LogP) is 2.03. The number of carbonyl (C=O) groups excluding carboxylic acids is 2. The minimum absolute atomic E-state index is 0.109. The number of piperazine rings is 1. The van der Waals surface area contributed by atoms with Crippen LogP contribution in [-0.2, 0) is 16.0 Å². The fourth-order valence-electron chi connectivity index (χ4n) is 3.82. The number of anilines is 1. The molecular weight excluding hydrogens is 370 g/mol. The summed E-state index contributed by atoms with van der Waals surface area (Å²) in [5.41, 5.74) is 2.38. The molecule has 29 heavy (non-hydrogen) atoms. The zero-order valence-electron chi connectivity index (χ0n) is 16.6. The van der Waals surface area contributed by atoms with E-state index in [0.29, 0.717) is 38.4 Å². The molecule has 0 atom stereocenters. The number of morpholine rings is 1. The summed E-state index contributed by atoms with van der Waals surface area (Å²) in [5.74, 6) is 0.389. The molecule has 0 saturated carbocycles. The normalized spacial score (nSPS) is 17.4. The van der Waals surface area contributed by atoms with Crippen LogP contribution >= 0.6 is 0 Å². The van der Waals surface area contributed by atoms with Crippen LogP contribution in [0.1, 0.15) is 22.5 Å². The topological polar surface area (TPSA) is 66.2 Å². The Hall–Kier alpha value is -2.80. The van der Waals surface area contributed by atoms with Gasteiger partial charge in [0.15, 0.2) is 5.76 Å². The van der Waals surface area contributed by atoms with Crippen molar-refractivity contribution < 1.29 is 18.7 Å². The minimum atomic E-state index is -0.109. The van der Waals surface area contributed by atoms with E-state index in [1.807, 2.05) is 4.90 Å². The predicted molar refractivity (Wildman–Crippen MR) is 109 cm³/mol. The molecule has 1 aromatic carbocycles. The Morgan fingerprint density at radius 3 is 2.21 bits per heavy atom. The third-order valence-corrected chi connectivity index (χ3v) is 5.59. The Balaban J connectivity index is 1.22. The zero-order valence-corrected chi connectivity index (χ0v) is 16.6. The SMILES string of the molecule is O=C(CCc1ccc(N2CCOCC2)cc1)N1CCN(C(=O)c2ccco2)CC1. The van der Waals surface area contributed by atoms with Crippen molar-refractivity contribution in [1.29, 1.82) is 0 Å². The lowest BCUT2D eigenvalue weighted by Gasteiger charge is -2.34. The summed E-state index contributed by atoms with van der Waals surface area (Å²) in [5, 5.41) is 0. The molecular formula is C22H27N3O4. The van der Waals surface area contributed by atoms with E-state index in [9.17, 15) is 9.59 Å². The molecule has 3 heterocycles. The van der Waals surface area contributed by atoms with Gasteiger partial charge in [0.1, 0.15) is 0 Å². The lowest BCUT2D eigenvalue weighted by molar-refractivity contribution is -0.132. The van der Waals surface area contributed by atoms with Gasteiger partial charge in [0.05, 0.1) is 19.5 Å². The number of hydrogen-bond donors (Lipinski definition) is 0. The van der Waals surface area contributed by atoms with Gasteiger partial charge in [-0.25, -0.2) is 0 Å². The van der Waals surface area contributed by atoms with Crippen LogP contribution in [0.4, 0.5) is 5.69 Å². The van der Waals surface area contributed by atoms with Crippen molar-refractivity contribution in [3.63, 3.8) is 0 Å². The quantitative estimate of drug-likeness (QED) is 0.772. The molecule has 2 fully saturated rings. The van der Waals surface area contributed by atoms with E-state index >= 15 is 0 Å². The van der Waals surface area contributed by atoms with Gasteiger partial charge in [0, 0.05) is 51.4 Å². The van der Waals surface area contributed by atoms with Crippen LogP contribution in [0, 0.1) is 0 Å². The first-order valence-corrected chi connectivity index (χ1v) is 10.2. The third-order valence-electron chi connectivity index (χ3n) is 5.59. The molecule has 2 aliphatic heterocycles. The molecule has 1 aromatic heterocycles. The van der Waals surface area contributed by atoms with E-state index in [4.69, 9.17) is 9.15 Å². The van der Waals surface area contributed by atoms with E-state index in [1.165, 1.54) is 17.5 Å². The van der Waals surface area contributed by atoms with Gasteiger partial charge in [-0.05, 0) is 36.2 Å². The molecule has 154 valence electrons. The molecule has 0 N–H and O–H groups in total. The van der Waals surface area contributed by atoms with Crippen LogP contribution < -0.4 is 4.90 Å². The second kappa shape index (κ2) is 9.13. The highest BCUT2D eigenvalue weighted by molar-refractivity contribution is 5.91. The molecule has 4 rings (SSSR count). The van der Waals surface area contributed by atoms with Gasteiger partial charge in [-0.15, -0.1) is 0 Å². The van der Waals surface area contributed by atoms with Crippen LogP contribution in [0.3, 0.4) is 0 Å². The maximum Gasteiger partial charge on any atom is 0.289 e. The highest BCUT2D eigenvalue weighted by atomic mass is 16.5. The number of aryl methyl sites for hydroxylation is 1. The first-order chi connectivity index (χ1) is 14.2. The Morgan fingerprint density at radius 2 is 1.55 bits per heavy atom. The first-order valence-electron chi connectivity index (χ1n) is 10.2. The van der Waals surface area contributed by atoms with Crippen LogP contribution in [0.5, 0.6) is 0 Å². The Morgan fingerprint density at radius 1 is 0.862 bits per heavy atom. The molecule has 2 aromatic rings. The number of ether oxygens (including phenoxy) is 1. The van der Waals surface area contributed by atoms with Crippen molar-refractivity contribution in [2.24, 2.45) is 0 Å². The monoisotopic (exact) mass is 397 g/mol. The second-order valence-corrected chi connectivity index (χ2v) is 7.42. The van der Waals surface area contributed by atoms with E-state index in [2.05, 4.69) is 29.2 Å². The molecule has 7 nitrogen and oxygen atoms in total. The van der Waals surface area contributed by atoms with Crippen LogP contribution in [0.25, 0.3) is 0 Å². The van der Waals surface area contributed by atoms with Gasteiger partial charge in [0.25, 0.3) is 5.91 Å². The van der Waals surface area contributed by atoms with Crippen molar-refractivity contribution in [3.8, 4) is 0 Å². The van der Waals surface area contributed by atoms with E-state index in [0.717, 1.165) is 32.7 Å². The summed E-state index contributed by atoms with van der Waals surface area (Å²) < 4.78 is 10.6. The summed E-state index contributed by atoms with van der Waals surface area (Å²) in [4.78, 5) is 30.8. The van der Waals surface area contributed by atoms with Crippen molar-refractivity contribution in [1.82, 2.24) is 9.80 Å². The maximum absolute atomic E-state index is 12.6. The van der Waals surface area contributed by atoms with Gasteiger partial charge >= 0.3 is 0 Å². The van der Waals surface area contributed by atoms with Gasteiger partial charge < -0.3 is 23.9 Å². The van der Waals surface area contributed by atoms with Gasteiger partial charge in [-0.1, -0.05) is 12.1 Å². The fourth-order valence-corrected chi connectivity index (χ4v) is 3.82. The number of amides is 2. The van der Waals surface area contributed by atoms with Crippen LogP contribution in [0.2, 0.25) is 0 Å². The maximum atomic E-state index is 12.6. The van der Waals surface area contributed by atoms with Gasteiger partial charge in [-0.2, -0.15) is 0 Å². The lowest BCUT2D eigenvalue weighted by Crippen LogP contribution is -2.50. The molecule has 2 aliphatic rings. The average molecular weight is 397 g/mol. The number of nitrogens with zero attached hydrogens (tertiary/aromatic N) is 3. The van der Waals surface area contributed by atoms with Crippen LogP contribution in [0.15, 0.2) is 47.1 Å². The molecule has 7 heteroatoms. The van der Waals surface area contributed by atoms with Gasteiger partial charge in [0.2, 0.25) is 5.91 Å². The highest BCUT2D eigenvalue weighted by Crippen LogP contribution is 2.18. The molecule has 2 amide bonds.